The van der Waals surface area contributed by atoms with E-state index in [9.17, 15) is 4.79 Å². The van der Waals surface area contributed by atoms with Crippen LogP contribution in [0, 0.1) is 0 Å². The highest BCUT2D eigenvalue weighted by Crippen LogP contribution is 2.25. The van der Waals surface area contributed by atoms with Gasteiger partial charge in [-0.25, -0.2) is 0 Å². The number of carbonyl (C=O) groups is 1. The van der Waals surface area contributed by atoms with E-state index in [2.05, 4.69) is 46.5 Å². The standard InChI is InChI=1S/C14H9Br2N3O3S/c15-8-1-3-9(4-2-8)21-7-12(20)17-14-18-13(19-23-14)10-5-6-11(16)22-10/h1-6H,7H2,(H,17,18,19,20). The van der Waals surface area contributed by atoms with Crippen LogP contribution in [0.2, 0.25) is 0 Å². The summed E-state index contributed by atoms with van der Waals surface area (Å²) in [6.07, 6.45) is 0. The van der Waals surface area contributed by atoms with Crippen LogP contribution < -0.4 is 10.1 Å². The fourth-order valence-corrected chi connectivity index (χ4v) is 2.81. The maximum absolute atomic E-state index is 11.9. The summed E-state index contributed by atoms with van der Waals surface area (Å²) in [5, 5.41) is 3.02. The molecule has 0 radical (unpaired) electrons. The molecule has 0 aliphatic carbocycles. The number of rotatable bonds is 5. The van der Waals surface area contributed by atoms with Crippen molar-refractivity contribution in [1.29, 1.82) is 0 Å². The summed E-state index contributed by atoms with van der Waals surface area (Å²) >= 11 is 7.62. The zero-order chi connectivity index (χ0) is 16.2. The molecule has 1 aromatic carbocycles. The summed E-state index contributed by atoms with van der Waals surface area (Å²) in [6.45, 7) is -0.108. The van der Waals surface area contributed by atoms with E-state index in [-0.39, 0.29) is 12.5 Å². The molecule has 23 heavy (non-hydrogen) atoms. The first kappa shape index (κ1) is 16.2. The largest absolute Gasteiger partial charge is 0.484 e. The van der Waals surface area contributed by atoms with Crippen LogP contribution in [0.15, 0.2) is 50.0 Å². The molecule has 0 fully saturated rings. The molecule has 2 heterocycles. The van der Waals surface area contributed by atoms with E-state index in [0.717, 1.165) is 16.0 Å². The molecule has 0 atom stereocenters. The van der Waals surface area contributed by atoms with Crippen LogP contribution in [-0.4, -0.2) is 21.9 Å². The second-order valence-electron chi connectivity index (χ2n) is 4.32. The molecule has 0 aliphatic rings. The molecule has 0 bridgehead atoms. The minimum absolute atomic E-state index is 0.108. The third kappa shape index (κ3) is 4.40. The summed E-state index contributed by atoms with van der Waals surface area (Å²) < 4.78 is 16.4. The lowest BCUT2D eigenvalue weighted by Gasteiger charge is -2.05. The van der Waals surface area contributed by atoms with Crippen LogP contribution in [0.25, 0.3) is 11.6 Å². The molecule has 1 N–H and O–H groups in total. The van der Waals surface area contributed by atoms with Crippen molar-refractivity contribution < 1.29 is 13.9 Å². The van der Waals surface area contributed by atoms with E-state index in [1.807, 2.05) is 12.1 Å². The molecule has 1 amide bonds. The molecule has 9 heteroatoms. The minimum Gasteiger partial charge on any atom is -0.484 e. The Hall–Kier alpha value is -1.71. The Morgan fingerprint density at radius 1 is 1.22 bits per heavy atom. The minimum atomic E-state index is -0.309. The zero-order valence-electron chi connectivity index (χ0n) is 11.5. The quantitative estimate of drug-likeness (QED) is 0.615. The molecule has 0 saturated carbocycles. The molecule has 2 aromatic heterocycles. The SMILES string of the molecule is O=C(COc1ccc(Br)cc1)Nc1nc(-c2ccc(Br)o2)ns1. The fraction of sp³-hybridized carbons (Fsp3) is 0.0714. The number of nitrogens with zero attached hydrogens (tertiary/aromatic N) is 2. The number of halogens is 2. The van der Waals surface area contributed by atoms with Gasteiger partial charge in [0.05, 0.1) is 0 Å². The van der Waals surface area contributed by atoms with E-state index in [4.69, 9.17) is 9.15 Å². The van der Waals surface area contributed by atoms with Crippen LogP contribution in [-0.2, 0) is 4.79 Å². The number of hydrogen-bond acceptors (Lipinski definition) is 6. The smallest absolute Gasteiger partial charge is 0.264 e. The number of aromatic nitrogens is 2. The van der Waals surface area contributed by atoms with E-state index in [1.165, 1.54) is 0 Å². The highest BCUT2D eigenvalue weighted by atomic mass is 79.9. The molecule has 0 spiro atoms. The first-order valence-electron chi connectivity index (χ1n) is 6.38. The van der Waals surface area contributed by atoms with Crippen LogP contribution >= 0.6 is 43.4 Å². The molecule has 3 rings (SSSR count). The number of amides is 1. The number of anilines is 1. The van der Waals surface area contributed by atoms with Gasteiger partial charge in [0.2, 0.25) is 11.0 Å². The van der Waals surface area contributed by atoms with Gasteiger partial charge in [-0.05, 0) is 52.3 Å². The van der Waals surface area contributed by atoms with Gasteiger partial charge in [-0.2, -0.15) is 9.36 Å². The highest BCUT2D eigenvalue weighted by Gasteiger charge is 2.12. The molecule has 118 valence electrons. The van der Waals surface area contributed by atoms with E-state index >= 15 is 0 Å². The summed E-state index contributed by atoms with van der Waals surface area (Å²) in [5.74, 6) is 1.25. The Kier molecular flexibility index (Phi) is 5.09. The lowest BCUT2D eigenvalue weighted by Crippen LogP contribution is -2.20. The Labute approximate surface area is 152 Å². The predicted molar refractivity (Wildman–Crippen MR) is 93.6 cm³/mol. The van der Waals surface area contributed by atoms with E-state index in [1.54, 1.807) is 24.3 Å². The number of nitrogens with one attached hydrogen (secondary N) is 1. The van der Waals surface area contributed by atoms with Crippen molar-refractivity contribution in [2.45, 2.75) is 0 Å². The summed E-state index contributed by atoms with van der Waals surface area (Å²) in [4.78, 5) is 16.1. The van der Waals surface area contributed by atoms with Crippen LogP contribution in [0.4, 0.5) is 5.13 Å². The average molecular weight is 459 g/mol. The summed E-state index contributed by atoms with van der Waals surface area (Å²) in [6, 6.07) is 10.7. The van der Waals surface area contributed by atoms with Gasteiger partial charge in [0.25, 0.3) is 5.91 Å². The van der Waals surface area contributed by atoms with Crippen LogP contribution in [0.1, 0.15) is 0 Å². The second kappa shape index (κ2) is 7.24. The van der Waals surface area contributed by atoms with Gasteiger partial charge in [0.1, 0.15) is 5.75 Å². The van der Waals surface area contributed by atoms with Gasteiger partial charge in [-0.1, -0.05) is 15.9 Å². The second-order valence-corrected chi connectivity index (χ2v) is 6.77. The number of carbonyl (C=O) groups excluding carboxylic acids is 1. The normalized spacial score (nSPS) is 10.5. The van der Waals surface area contributed by atoms with E-state index in [0.29, 0.717) is 27.1 Å². The Balaban J connectivity index is 1.56. The van der Waals surface area contributed by atoms with Crippen molar-refractivity contribution in [1.82, 2.24) is 9.36 Å². The third-order valence-corrected chi connectivity index (χ3v) is 4.23. The molecule has 0 unspecified atom stereocenters. The predicted octanol–water partition coefficient (Wildman–Crippen LogP) is 4.34. The molecular formula is C14H9Br2N3O3S. The number of ether oxygens (including phenoxy) is 1. The summed E-state index contributed by atoms with van der Waals surface area (Å²) in [5.41, 5.74) is 0. The van der Waals surface area contributed by atoms with Crippen molar-refractivity contribution in [3.8, 4) is 17.3 Å². The Morgan fingerprint density at radius 2 is 2.00 bits per heavy atom. The van der Waals surface area contributed by atoms with Gasteiger partial charge >= 0.3 is 0 Å². The first-order valence-corrected chi connectivity index (χ1v) is 8.74. The maximum atomic E-state index is 11.9. The molecular weight excluding hydrogens is 450 g/mol. The molecule has 3 aromatic rings. The fourth-order valence-electron chi connectivity index (χ4n) is 1.64. The average Bonchev–Trinajstić information content (AvgIpc) is 3.16. The van der Waals surface area contributed by atoms with E-state index < -0.39 is 0 Å². The number of furan rings is 1. The zero-order valence-corrected chi connectivity index (χ0v) is 15.4. The maximum Gasteiger partial charge on any atom is 0.264 e. The highest BCUT2D eigenvalue weighted by molar-refractivity contribution is 9.10. The molecule has 0 saturated heterocycles. The monoisotopic (exact) mass is 457 g/mol. The Morgan fingerprint density at radius 3 is 2.70 bits per heavy atom. The van der Waals surface area contributed by atoms with Gasteiger partial charge in [-0.15, -0.1) is 0 Å². The number of hydrogen-bond donors (Lipinski definition) is 1. The molecule has 6 nitrogen and oxygen atoms in total. The topological polar surface area (TPSA) is 77.2 Å². The van der Waals surface area contributed by atoms with Gasteiger partial charge < -0.3 is 9.15 Å². The summed E-state index contributed by atoms with van der Waals surface area (Å²) in [7, 11) is 0. The van der Waals surface area contributed by atoms with Gasteiger partial charge in [0, 0.05) is 16.0 Å². The van der Waals surface area contributed by atoms with Crippen molar-refractivity contribution >= 4 is 54.4 Å². The van der Waals surface area contributed by atoms with Crippen molar-refractivity contribution in [2.24, 2.45) is 0 Å². The lowest BCUT2D eigenvalue weighted by molar-refractivity contribution is -0.118. The van der Waals surface area contributed by atoms with Gasteiger partial charge in [0.15, 0.2) is 17.0 Å². The lowest BCUT2D eigenvalue weighted by atomic mass is 10.3. The molecule has 0 aliphatic heterocycles. The van der Waals surface area contributed by atoms with Crippen molar-refractivity contribution in [2.75, 3.05) is 11.9 Å². The third-order valence-electron chi connectivity index (χ3n) is 2.65. The number of benzene rings is 1. The van der Waals surface area contributed by atoms with Gasteiger partial charge in [-0.3, -0.25) is 10.1 Å². The van der Waals surface area contributed by atoms with Crippen LogP contribution in [0.3, 0.4) is 0 Å². The van der Waals surface area contributed by atoms with Crippen molar-refractivity contribution in [3.05, 3.63) is 45.5 Å². The van der Waals surface area contributed by atoms with Crippen molar-refractivity contribution in [3.63, 3.8) is 0 Å². The Bertz CT molecular complexity index is 817. The first-order chi connectivity index (χ1) is 11.1. The van der Waals surface area contributed by atoms with Crippen LogP contribution in [0.5, 0.6) is 5.75 Å².